The highest BCUT2D eigenvalue weighted by Gasteiger charge is 2.43. The summed E-state index contributed by atoms with van der Waals surface area (Å²) in [6.45, 7) is 0.254. The number of para-hydroxylation sites is 1. The largest absolute Gasteiger partial charge is 0.445 e. The molecule has 1 heterocycles. The molecule has 8 heteroatoms. The van der Waals surface area contributed by atoms with E-state index in [1.54, 1.807) is 19.2 Å². The molecular formula is C28H32N4O4. The fraction of sp³-hybridized carbons (Fsp3) is 0.429. The highest BCUT2D eigenvalue weighted by molar-refractivity contribution is 5.94. The lowest BCUT2D eigenvalue weighted by molar-refractivity contribution is -0.137. The number of hydrogen-bond donors (Lipinski definition) is 1. The first-order chi connectivity index (χ1) is 17.5. The first kappa shape index (κ1) is 25.2. The van der Waals surface area contributed by atoms with Crippen LogP contribution in [0.3, 0.4) is 0 Å². The van der Waals surface area contributed by atoms with Gasteiger partial charge in [-0.3, -0.25) is 14.5 Å². The number of likely N-dealkylation sites (tertiary alicyclic amines) is 1. The molecule has 3 atom stereocenters. The van der Waals surface area contributed by atoms with Gasteiger partial charge in [-0.25, -0.2) is 4.79 Å². The Hall–Kier alpha value is -3.86. The molecule has 3 amide bonds. The van der Waals surface area contributed by atoms with E-state index in [1.807, 2.05) is 48.5 Å². The molecule has 0 spiro atoms. The van der Waals surface area contributed by atoms with E-state index in [1.165, 1.54) is 9.80 Å². The van der Waals surface area contributed by atoms with Crippen molar-refractivity contribution in [2.24, 2.45) is 11.8 Å². The second kappa shape index (κ2) is 11.7. The molecule has 2 aromatic rings. The van der Waals surface area contributed by atoms with Gasteiger partial charge in [-0.1, -0.05) is 67.8 Å². The topological polar surface area (TPSA) is 103 Å². The minimum absolute atomic E-state index is 0.112. The summed E-state index contributed by atoms with van der Waals surface area (Å²) in [5.74, 6) is -0.673. The lowest BCUT2D eigenvalue weighted by Crippen LogP contribution is -2.52. The van der Waals surface area contributed by atoms with Gasteiger partial charge in [0.25, 0.3) is 0 Å². The van der Waals surface area contributed by atoms with Gasteiger partial charge >= 0.3 is 6.09 Å². The standard InChI is InChI=1S/C28H32N4O4/c1-31(28(35)36-19-21-9-4-2-5-10-21)25(15-20-11-8-12-20)27(34)32-18-22(16-24(32)17-29)26(33)30-23-13-6-3-7-14-23/h2-7,9-10,13-14,20,22,24-25H,8,11-12,15-16,18-19H2,1H3,(H,30,33). The third kappa shape index (κ3) is 6.03. The Bertz CT molecular complexity index is 1100. The number of anilines is 1. The molecule has 1 aliphatic carbocycles. The zero-order chi connectivity index (χ0) is 25.5. The number of hydrogen-bond acceptors (Lipinski definition) is 5. The summed E-state index contributed by atoms with van der Waals surface area (Å²) in [6.07, 6.45) is 3.34. The van der Waals surface area contributed by atoms with E-state index in [0.717, 1.165) is 24.8 Å². The Kier molecular flexibility index (Phi) is 8.21. The molecule has 1 aliphatic heterocycles. The zero-order valence-corrected chi connectivity index (χ0v) is 20.5. The molecule has 3 unspecified atom stereocenters. The number of likely N-dealkylation sites (N-methyl/N-ethyl adjacent to an activating group) is 1. The molecule has 36 heavy (non-hydrogen) atoms. The van der Waals surface area contributed by atoms with Crippen LogP contribution >= 0.6 is 0 Å². The predicted molar refractivity (Wildman–Crippen MR) is 134 cm³/mol. The molecule has 4 rings (SSSR count). The molecule has 2 aliphatic rings. The van der Waals surface area contributed by atoms with Gasteiger partial charge in [0.05, 0.1) is 12.0 Å². The van der Waals surface area contributed by atoms with E-state index >= 15 is 0 Å². The van der Waals surface area contributed by atoms with E-state index in [0.29, 0.717) is 18.0 Å². The van der Waals surface area contributed by atoms with Crippen molar-refractivity contribution in [1.29, 1.82) is 5.26 Å². The van der Waals surface area contributed by atoms with E-state index in [-0.39, 0.29) is 31.4 Å². The maximum Gasteiger partial charge on any atom is 0.410 e. The van der Waals surface area contributed by atoms with Crippen LogP contribution in [0.25, 0.3) is 0 Å². The molecular weight excluding hydrogens is 456 g/mol. The van der Waals surface area contributed by atoms with Gasteiger partial charge in [0.15, 0.2) is 0 Å². The van der Waals surface area contributed by atoms with Gasteiger partial charge in [0.2, 0.25) is 11.8 Å². The average Bonchev–Trinajstić information content (AvgIpc) is 3.32. The summed E-state index contributed by atoms with van der Waals surface area (Å²) < 4.78 is 5.48. The van der Waals surface area contributed by atoms with Gasteiger partial charge in [0.1, 0.15) is 18.7 Å². The Labute approximate surface area is 211 Å². The molecule has 8 nitrogen and oxygen atoms in total. The highest BCUT2D eigenvalue weighted by atomic mass is 16.6. The fourth-order valence-electron chi connectivity index (χ4n) is 4.77. The Morgan fingerprint density at radius 1 is 1.11 bits per heavy atom. The second-order valence-corrected chi connectivity index (χ2v) is 9.62. The average molecular weight is 489 g/mol. The quantitative estimate of drug-likeness (QED) is 0.600. The van der Waals surface area contributed by atoms with E-state index in [4.69, 9.17) is 4.74 Å². The highest BCUT2D eigenvalue weighted by Crippen LogP contribution is 2.33. The minimum Gasteiger partial charge on any atom is -0.445 e. The number of nitriles is 1. The summed E-state index contributed by atoms with van der Waals surface area (Å²) in [5.41, 5.74) is 1.53. The Morgan fingerprint density at radius 3 is 2.39 bits per heavy atom. The summed E-state index contributed by atoms with van der Waals surface area (Å²) >= 11 is 0. The molecule has 0 radical (unpaired) electrons. The van der Waals surface area contributed by atoms with Crippen LogP contribution in [0.2, 0.25) is 0 Å². The normalized spacial score (nSPS) is 20.1. The number of ether oxygens (including phenoxy) is 1. The summed E-state index contributed by atoms with van der Waals surface area (Å²) in [6, 6.07) is 19.2. The van der Waals surface area contributed by atoms with Crippen molar-refractivity contribution in [3.05, 3.63) is 66.2 Å². The lowest BCUT2D eigenvalue weighted by atomic mass is 9.80. The van der Waals surface area contributed by atoms with Crippen molar-refractivity contribution in [3.8, 4) is 6.07 Å². The third-order valence-corrected chi connectivity index (χ3v) is 7.17. The molecule has 188 valence electrons. The Balaban J connectivity index is 1.44. The van der Waals surface area contributed by atoms with Crippen molar-refractivity contribution < 1.29 is 19.1 Å². The van der Waals surface area contributed by atoms with Crippen LogP contribution in [-0.2, 0) is 20.9 Å². The molecule has 0 bridgehead atoms. The smallest absolute Gasteiger partial charge is 0.410 e. The number of nitrogens with zero attached hydrogens (tertiary/aromatic N) is 3. The molecule has 1 N–H and O–H groups in total. The van der Waals surface area contributed by atoms with Crippen LogP contribution in [0, 0.1) is 23.2 Å². The minimum atomic E-state index is -0.745. The van der Waals surface area contributed by atoms with E-state index in [9.17, 15) is 19.6 Å². The Morgan fingerprint density at radius 2 is 1.78 bits per heavy atom. The van der Waals surface area contributed by atoms with Crippen LogP contribution in [0.15, 0.2) is 60.7 Å². The number of carbonyl (C=O) groups excluding carboxylic acids is 3. The van der Waals surface area contributed by atoms with Crippen molar-refractivity contribution in [1.82, 2.24) is 9.80 Å². The zero-order valence-electron chi connectivity index (χ0n) is 20.5. The third-order valence-electron chi connectivity index (χ3n) is 7.17. The maximum absolute atomic E-state index is 13.7. The second-order valence-electron chi connectivity index (χ2n) is 9.62. The van der Waals surface area contributed by atoms with Crippen LogP contribution in [0.4, 0.5) is 10.5 Å². The van der Waals surface area contributed by atoms with Gasteiger partial charge in [-0.15, -0.1) is 0 Å². The van der Waals surface area contributed by atoms with Gasteiger partial charge in [-0.05, 0) is 36.5 Å². The summed E-state index contributed by atoms with van der Waals surface area (Å²) in [7, 11) is 1.58. The van der Waals surface area contributed by atoms with Crippen molar-refractivity contribution in [2.45, 2.75) is 50.8 Å². The number of rotatable bonds is 8. The van der Waals surface area contributed by atoms with Crippen LogP contribution in [0.1, 0.15) is 37.7 Å². The number of amides is 3. The van der Waals surface area contributed by atoms with Gasteiger partial charge in [-0.2, -0.15) is 5.26 Å². The van der Waals surface area contributed by atoms with Gasteiger partial charge < -0.3 is 15.0 Å². The SMILES string of the molecule is CN(C(=O)OCc1ccccc1)C(CC1CCC1)C(=O)N1CC(C(=O)Nc2ccccc2)CC1C#N. The lowest BCUT2D eigenvalue weighted by Gasteiger charge is -2.36. The van der Waals surface area contributed by atoms with E-state index < -0.39 is 24.1 Å². The summed E-state index contributed by atoms with van der Waals surface area (Å²) in [4.78, 5) is 42.3. The number of nitrogens with one attached hydrogen (secondary N) is 1. The first-order valence-corrected chi connectivity index (χ1v) is 12.5. The maximum atomic E-state index is 13.7. The van der Waals surface area contributed by atoms with Crippen molar-refractivity contribution in [3.63, 3.8) is 0 Å². The monoisotopic (exact) mass is 488 g/mol. The molecule has 2 fully saturated rings. The van der Waals surface area contributed by atoms with Crippen LogP contribution in [0.5, 0.6) is 0 Å². The van der Waals surface area contributed by atoms with Crippen molar-refractivity contribution >= 4 is 23.6 Å². The predicted octanol–water partition coefficient (Wildman–Crippen LogP) is 4.19. The molecule has 0 aromatic heterocycles. The van der Waals surface area contributed by atoms with Crippen LogP contribution in [-0.4, -0.2) is 53.4 Å². The number of benzene rings is 2. The molecule has 2 aromatic carbocycles. The molecule has 1 saturated carbocycles. The summed E-state index contributed by atoms with van der Waals surface area (Å²) in [5, 5.41) is 12.6. The fourth-order valence-corrected chi connectivity index (χ4v) is 4.77. The van der Waals surface area contributed by atoms with Crippen LogP contribution < -0.4 is 5.32 Å². The molecule has 1 saturated heterocycles. The first-order valence-electron chi connectivity index (χ1n) is 12.5. The van der Waals surface area contributed by atoms with E-state index in [2.05, 4.69) is 11.4 Å². The van der Waals surface area contributed by atoms with Crippen molar-refractivity contribution in [2.75, 3.05) is 18.9 Å². The van der Waals surface area contributed by atoms with Gasteiger partial charge in [0, 0.05) is 19.3 Å². The number of carbonyl (C=O) groups is 3.